The van der Waals surface area contributed by atoms with Gasteiger partial charge in [0.2, 0.25) is 0 Å². The highest BCUT2D eigenvalue weighted by molar-refractivity contribution is 7.22. The lowest BCUT2D eigenvalue weighted by Gasteiger charge is -2.33. The first kappa shape index (κ1) is 18.9. The number of nitrogens with zero attached hydrogens (tertiary/aromatic N) is 5. The fraction of sp³-hybridized carbons (Fsp3) is 0.476. The van der Waals surface area contributed by atoms with Gasteiger partial charge in [-0.15, -0.1) is 0 Å². The zero-order chi connectivity index (χ0) is 19.8. The quantitative estimate of drug-likeness (QED) is 0.675. The Bertz CT molecular complexity index is 1000. The molecule has 4 rings (SSSR count). The van der Waals surface area contributed by atoms with Crippen LogP contribution in [-0.2, 0) is 7.05 Å². The van der Waals surface area contributed by atoms with Gasteiger partial charge in [0.05, 0.1) is 16.5 Å². The van der Waals surface area contributed by atoms with E-state index >= 15 is 0 Å². The van der Waals surface area contributed by atoms with Crippen LogP contribution < -0.4 is 4.90 Å². The van der Waals surface area contributed by atoms with E-state index in [0.29, 0.717) is 11.6 Å². The molecule has 148 valence electrons. The lowest BCUT2D eigenvalue weighted by Crippen LogP contribution is -2.39. The van der Waals surface area contributed by atoms with E-state index in [1.807, 2.05) is 19.0 Å². The van der Waals surface area contributed by atoms with Crippen molar-refractivity contribution in [1.29, 1.82) is 0 Å². The van der Waals surface area contributed by atoms with Crippen LogP contribution in [0.15, 0.2) is 24.7 Å². The molecule has 1 amide bonds. The van der Waals surface area contributed by atoms with Gasteiger partial charge in [0.1, 0.15) is 5.69 Å². The summed E-state index contributed by atoms with van der Waals surface area (Å²) in [4.78, 5) is 25.8. The van der Waals surface area contributed by atoms with Crippen molar-refractivity contribution >= 4 is 32.6 Å². The minimum atomic E-state index is 0.0000441. The molecule has 3 aromatic rings. The molecule has 0 spiro atoms. The number of aromatic nitrogens is 3. The maximum Gasteiger partial charge on any atom is 0.273 e. The van der Waals surface area contributed by atoms with Crippen LogP contribution in [0.25, 0.3) is 10.2 Å². The summed E-state index contributed by atoms with van der Waals surface area (Å²) in [5.74, 6) is 0.521. The zero-order valence-electron chi connectivity index (χ0n) is 17.0. The van der Waals surface area contributed by atoms with Gasteiger partial charge >= 0.3 is 0 Å². The number of hydrogen-bond donors (Lipinski definition) is 0. The first-order valence-corrected chi connectivity index (χ1v) is 10.6. The van der Waals surface area contributed by atoms with Crippen LogP contribution in [0.4, 0.5) is 5.13 Å². The molecule has 0 saturated carbocycles. The summed E-state index contributed by atoms with van der Waals surface area (Å²) in [6.07, 6.45) is 5.60. The van der Waals surface area contributed by atoms with Crippen LogP contribution >= 0.6 is 11.3 Å². The van der Waals surface area contributed by atoms with Crippen molar-refractivity contribution in [3.63, 3.8) is 0 Å². The van der Waals surface area contributed by atoms with E-state index in [1.54, 1.807) is 28.4 Å². The van der Waals surface area contributed by atoms with Crippen LogP contribution in [0.5, 0.6) is 0 Å². The standard InChI is InChI=1S/C21H27N5OS/c1-14-9-15(2)19-18(10-14)28-21(23-19)26-7-5-16(6-8-26)11-25(4)20(27)17-12-24(3)13-22-17/h9-10,12-13,16H,5-8,11H2,1-4H3. The van der Waals surface area contributed by atoms with Gasteiger partial charge in [-0.3, -0.25) is 4.79 Å². The van der Waals surface area contributed by atoms with Crippen molar-refractivity contribution in [1.82, 2.24) is 19.4 Å². The molecule has 1 aliphatic rings. The summed E-state index contributed by atoms with van der Waals surface area (Å²) >= 11 is 1.79. The molecule has 6 nitrogen and oxygen atoms in total. The molecule has 3 heterocycles. The molecule has 1 fully saturated rings. The molecule has 1 saturated heterocycles. The van der Waals surface area contributed by atoms with Crippen molar-refractivity contribution < 1.29 is 4.79 Å². The van der Waals surface area contributed by atoms with E-state index in [-0.39, 0.29) is 5.91 Å². The number of hydrogen-bond acceptors (Lipinski definition) is 5. The predicted molar refractivity (Wildman–Crippen MR) is 114 cm³/mol. The lowest BCUT2D eigenvalue weighted by molar-refractivity contribution is 0.0759. The summed E-state index contributed by atoms with van der Waals surface area (Å²) in [5, 5.41) is 1.13. The Morgan fingerprint density at radius 3 is 2.71 bits per heavy atom. The van der Waals surface area contributed by atoms with E-state index in [1.165, 1.54) is 15.8 Å². The van der Waals surface area contributed by atoms with E-state index < -0.39 is 0 Å². The number of benzene rings is 1. The average molecular weight is 398 g/mol. The van der Waals surface area contributed by atoms with Crippen molar-refractivity contribution in [2.24, 2.45) is 13.0 Å². The third-order valence-corrected chi connectivity index (χ3v) is 6.57. The summed E-state index contributed by atoms with van der Waals surface area (Å²) in [7, 11) is 3.76. The third kappa shape index (κ3) is 3.76. The molecule has 1 aliphatic heterocycles. The number of carbonyl (C=O) groups excluding carboxylic acids is 1. The monoisotopic (exact) mass is 397 g/mol. The zero-order valence-corrected chi connectivity index (χ0v) is 17.8. The van der Waals surface area contributed by atoms with Gasteiger partial charge in [-0.2, -0.15) is 0 Å². The molecular weight excluding hydrogens is 370 g/mol. The first-order valence-electron chi connectivity index (χ1n) is 9.77. The van der Waals surface area contributed by atoms with Crippen LogP contribution in [0.3, 0.4) is 0 Å². The summed E-state index contributed by atoms with van der Waals surface area (Å²) in [6.45, 7) is 7.04. The van der Waals surface area contributed by atoms with Crippen molar-refractivity contribution in [3.8, 4) is 0 Å². The number of amides is 1. The molecule has 2 aromatic heterocycles. The third-order valence-electron chi connectivity index (χ3n) is 5.51. The molecule has 1 aromatic carbocycles. The first-order chi connectivity index (χ1) is 13.4. The fourth-order valence-electron chi connectivity index (χ4n) is 3.99. The number of thiazole rings is 1. The number of fused-ring (bicyclic) bond motifs is 1. The molecule has 0 unspecified atom stereocenters. The maximum absolute atomic E-state index is 12.5. The number of imidazole rings is 1. The predicted octanol–water partition coefficient (Wildman–Crippen LogP) is 3.64. The molecule has 7 heteroatoms. The highest BCUT2D eigenvalue weighted by Gasteiger charge is 2.25. The second-order valence-corrected chi connectivity index (χ2v) is 8.97. The topological polar surface area (TPSA) is 54.3 Å². The Morgan fingerprint density at radius 1 is 1.29 bits per heavy atom. The van der Waals surface area contributed by atoms with Crippen LogP contribution in [-0.4, -0.2) is 52.0 Å². The van der Waals surface area contributed by atoms with Gasteiger partial charge in [0.25, 0.3) is 5.91 Å². The van der Waals surface area contributed by atoms with Gasteiger partial charge in [0.15, 0.2) is 5.13 Å². The molecule has 0 N–H and O–H groups in total. The molecule has 0 radical (unpaired) electrons. The van der Waals surface area contributed by atoms with Crippen LogP contribution in [0, 0.1) is 19.8 Å². The molecule has 0 bridgehead atoms. The van der Waals surface area contributed by atoms with Crippen LogP contribution in [0.1, 0.15) is 34.5 Å². The fourth-order valence-corrected chi connectivity index (χ4v) is 5.18. The minimum Gasteiger partial charge on any atom is -0.348 e. The molecule has 0 aliphatic carbocycles. The number of anilines is 1. The second kappa shape index (κ2) is 7.54. The second-order valence-electron chi connectivity index (χ2n) is 7.97. The molecular formula is C21H27N5OS. The summed E-state index contributed by atoms with van der Waals surface area (Å²) in [6, 6.07) is 4.43. The Kier molecular flexibility index (Phi) is 5.10. The Morgan fingerprint density at radius 2 is 2.04 bits per heavy atom. The molecule has 28 heavy (non-hydrogen) atoms. The number of rotatable bonds is 4. The Labute approximate surface area is 169 Å². The Balaban J connectivity index is 1.37. The normalized spacial score (nSPS) is 15.4. The Hall–Kier alpha value is -2.41. The smallest absolute Gasteiger partial charge is 0.273 e. The summed E-state index contributed by atoms with van der Waals surface area (Å²) < 4.78 is 3.08. The SMILES string of the molecule is Cc1cc(C)c2nc(N3CCC(CN(C)C(=O)c4cn(C)cn4)CC3)sc2c1. The van der Waals surface area contributed by atoms with Crippen molar-refractivity contribution in [2.75, 3.05) is 31.6 Å². The van der Waals surface area contributed by atoms with Crippen LogP contribution in [0.2, 0.25) is 0 Å². The number of carbonyl (C=O) groups is 1. The van der Waals surface area contributed by atoms with E-state index in [2.05, 4.69) is 35.9 Å². The van der Waals surface area contributed by atoms with E-state index in [9.17, 15) is 4.79 Å². The van der Waals surface area contributed by atoms with Crippen molar-refractivity contribution in [3.05, 3.63) is 41.5 Å². The number of piperidine rings is 1. The van der Waals surface area contributed by atoms with E-state index in [4.69, 9.17) is 4.98 Å². The van der Waals surface area contributed by atoms with Gasteiger partial charge in [-0.25, -0.2) is 9.97 Å². The number of aryl methyl sites for hydroxylation is 3. The van der Waals surface area contributed by atoms with E-state index in [0.717, 1.165) is 43.1 Å². The van der Waals surface area contributed by atoms with Gasteiger partial charge in [-0.1, -0.05) is 17.4 Å². The van der Waals surface area contributed by atoms with Gasteiger partial charge < -0.3 is 14.4 Å². The largest absolute Gasteiger partial charge is 0.348 e. The van der Waals surface area contributed by atoms with Crippen molar-refractivity contribution in [2.45, 2.75) is 26.7 Å². The van der Waals surface area contributed by atoms with Gasteiger partial charge in [0, 0.05) is 39.9 Å². The minimum absolute atomic E-state index is 0.0000441. The lowest BCUT2D eigenvalue weighted by atomic mass is 9.96. The highest BCUT2D eigenvalue weighted by Crippen LogP contribution is 2.33. The molecule has 0 atom stereocenters. The maximum atomic E-state index is 12.5. The highest BCUT2D eigenvalue weighted by atomic mass is 32.1. The van der Waals surface area contributed by atoms with Gasteiger partial charge in [-0.05, 0) is 49.8 Å². The summed E-state index contributed by atoms with van der Waals surface area (Å²) in [5.41, 5.74) is 4.19. The average Bonchev–Trinajstić information content (AvgIpc) is 3.28.